The van der Waals surface area contributed by atoms with Gasteiger partial charge in [-0.15, -0.1) is 22.7 Å². The van der Waals surface area contributed by atoms with Gasteiger partial charge in [0.2, 0.25) is 0 Å². The van der Waals surface area contributed by atoms with Crippen molar-refractivity contribution in [2.45, 2.75) is 13.8 Å². The van der Waals surface area contributed by atoms with Gasteiger partial charge in [-0.1, -0.05) is 48.5 Å². The molecule has 1 aliphatic rings. The summed E-state index contributed by atoms with van der Waals surface area (Å²) in [5, 5.41) is 10.6. The second kappa shape index (κ2) is 7.31. The maximum absolute atomic E-state index is 13.0. The first-order valence-electron chi connectivity index (χ1n) is 12.5. The smallest absolute Gasteiger partial charge is 0.278 e. The lowest BCUT2D eigenvalue weighted by Gasteiger charge is -2.24. The van der Waals surface area contributed by atoms with Crippen molar-refractivity contribution in [3.8, 4) is 0 Å². The first-order valence-corrected chi connectivity index (χ1v) is 14.1. The number of aromatic nitrogens is 1. The lowest BCUT2D eigenvalue weighted by atomic mass is 10.0. The Bertz CT molecular complexity index is 2100. The van der Waals surface area contributed by atoms with Crippen LogP contribution in [0.5, 0.6) is 0 Å². The van der Waals surface area contributed by atoms with Gasteiger partial charge >= 0.3 is 0 Å². The van der Waals surface area contributed by atoms with Crippen LogP contribution in [-0.2, 0) is 9.59 Å². The first-order chi connectivity index (χ1) is 18.1. The van der Waals surface area contributed by atoms with Crippen LogP contribution in [0, 0.1) is 0 Å². The summed E-state index contributed by atoms with van der Waals surface area (Å²) in [6, 6.07) is 21.8. The molecule has 37 heavy (non-hydrogen) atoms. The SMILES string of the molecule is CCN1C(=O)C(=Cc2cc3sc4c(c5cccc6ccc7c8ccccc8n4c7c65)c3s2)C(=O)N1CC. The average Bonchev–Trinajstić information content (AvgIpc) is 3.62. The number of hydrogen-bond donors (Lipinski definition) is 0. The van der Waals surface area contributed by atoms with Crippen molar-refractivity contribution in [1.82, 2.24) is 14.4 Å². The number of carbonyl (C=O) groups is 2. The third-order valence-electron chi connectivity index (χ3n) is 7.62. The lowest BCUT2D eigenvalue weighted by molar-refractivity contribution is -0.145. The van der Waals surface area contributed by atoms with Gasteiger partial charge in [0.25, 0.3) is 11.8 Å². The third-order valence-corrected chi connectivity index (χ3v) is 9.97. The Hall–Kier alpha value is -3.94. The van der Waals surface area contributed by atoms with E-state index in [0.29, 0.717) is 13.1 Å². The normalized spacial score (nSPS) is 14.9. The molecule has 1 aliphatic heterocycles. The van der Waals surface area contributed by atoms with Crippen molar-refractivity contribution in [3.63, 3.8) is 0 Å². The van der Waals surface area contributed by atoms with Gasteiger partial charge in [-0.05, 0) is 42.8 Å². The number of thiophene rings is 2. The Labute approximate surface area is 219 Å². The molecule has 7 aromatic rings. The molecule has 1 saturated heterocycles. The summed E-state index contributed by atoms with van der Waals surface area (Å²) in [6.45, 7) is 4.74. The number of likely N-dealkylation sites (N-methyl/N-ethyl adjacent to an activating group) is 2. The minimum atomic E-state index is -0.215. The van der Waals surface area contributed by atoms with Crippen molar-refractivity contribution in [2.75, 3.05) is 13.1 Å². The summed E-state index contributed by atoms with van der Waals surface area (Å²) in [6.07, 6.45) is 1.79. The van der Waals surface area contributed by atoms with Crippen LogP contribution in [0.1, 0.15) is 18.7 Å². The van der Waals surface area contributed by atoms with Gasteiger partial charge in [0.15, 0.2) is 0 Å². The number of rotatable bonds is 3. The quantitative estimate of drug-likeness (QED) is 0.182. The molecule has 0 radical (unpaired) electrons. The number of fused-ring (bicyclic) bond motifs is 8. The second-order valence-corrected chi connectivity index (χ2v) is 11.6. The van der Waals surface area contributed by atoms with Gasteiger partial charge in [0, 0.05) is 44.2 Å². The Morgan fingerprint density at radius 1 is 0.784 bits per heavy atom. The van der Waals surface area contributed by atoms with E-state index in [9.17, 15) is 9.59 Å². The van der Waals surface area contributed by atoms with Crippen LogP contribution in [0.3, 0.4) is 0 Å². The summed E-state index contributed by atoms with van der Waals surface area (Å²) < 4.78 is 4.82. The van der Waals surface area contributed by atoms with Gasteiger partial charge in [-0.2, -0.15) is 0 Å². The van der Waals surface area contributed by atoms with Crippen LogP contribution in [0.25, 0.3) is 63.7 Å². The molecule has 7 heteroatoms. The monoisotopic (exact) mass is 519 g/mol. The predicted octanol–water partition coefficient (Wildman–Crippen LogP) is 7.28. The van der Waals surface area contributed by atoms with Crippen LogP contribution in [0.15, 0.2) is 66.2 Å². The maximum Gasteiger partial charge on any atom is 0.278 e. The first kappa shape index (κ1) is 21.2. The lowest BCUT2D eigenvalue weighted by Crippen LogP contribution is -2.40. The molecule has 5 heterocycles. The maximum atomic E-state index is 13.0. The Morgan fingerprint density at radius 2 is 1.54 bits per heavy atom. The number of hydrazine groups is 1. The molecule has 2 amide bonds. The highest BCUT2D eigenvalue weighted by Crippen LogP contribution is 2.48. The molecule has 0 aliphatic carbocycles. The number of hydrogen-bond acceptors (Lipinski definition) is 4. The minimum absolute atomic E-state index is 0.215. The molecule has 3 aromatic carbocycles. The van der Waals surface area contributed by atoms with E-state index in [-0.39, 0.29) is 17.4 Å². The number of carbonyl (C=O) groups excluding carboxylic acids is 2. The van der Waals surface area contributed by atoms with E-state index in [2.05, 4.69) is 65.1 Å². The average molecular weight is 520 g/mol. The van der Waals surface area contributed by atoms with Gasteiger partial charge < -0.3 is 0 Å². The number of pyridine rings is 1. The molecule has 1 fully saturated rings. The summed E-state index contributed by atoms with van der Waals surface area (Å²) >= 11 is 3.45. The highest BCUT2D eigenvalue weighted by Gasteiger charge is 2.39. The van der Waals surface area contributed by atoms with Crippen molar-refractivity contribution in [2.24, 2.45) is 0 Å². The summed E-state index contributed by atoms with van der Waals surface area (Å²) in [5.74, 6) is -0.430. The molecule has 0 unspecified atom stereocenters. The summed E-state index contributed by atoms with van der Waals surface area (Å²) in [7, 11) is 0. The van der Waals surface area contributed by atoms with E-state index in [1.54, 1.807) is 28.7 Å². The number of para-hydroxylation sites is 1. The van der Waals surface area contributed by atoms with Crippen LogP contribution in [-0.4, -0.2) is 39.3 Å². The molecule has 0 bridgehead atoms. The summed E-state index contributed by atoms with van der Waals surface area (Å²) in [5.41, 5.74) is 2.75. The zero-order valence-corrected chi connectivity index (χ0v) is 21.9. The predicted molar refractivity (Wildman–Crippen MR) is 155 cm³/mol. The third kappa shape index (κ3) is 2.58. The number of nitrogens with zero attached hydrogens (tertiary/aromatic N) is 3. The van der Waals surface area contributed by atoms with Gasteiger partial charge in [0.05, 0.1) is 15.7 Å². The van der Waals surface area contributed by atoms with Crippen molar-refractivity contribution >= 4 is 98.1 Å². The molecule has 4 aromatic heterocycles. The Morgan fingerprint density at radius 3 is 2.32 bits per heavy atom. The van der Waals surface area contributed by atoms with Crippen LogP contribution < -0.4 is 0 Å². The number of benzene rings is 3. The fourth-order valence-electron chi connectivity index (χ4n) is 6.09. The molecule has 5 nitrogen and oxygen atoms in total. The van der Waals surface area contributed by atoms with E-state index >= 15 is 0 Å². The molecule has 0 saturated carbocycles. The Balaban J connectivity index is 1.45. The van der Waals surface area contributed by atoms with E-state index < -0.39 is 0 Å². The minimum Gasteiger partial charge on any atom is -0.299 e. The van der Waals surface area contributed by atoms with E-state index in [1.165, 1.54) is 67.6 Å². The van der Waals surface area contributed by atoms with Crippen molar-refractivity contribution in [1.29, 1.82) is 0 Å². The van der Waals surface area contributed by atoms with Crippen LogP contribution in [0.4, 0.5) is 0 Å². The van der Waals surface area contributed by atoms with E-state index in [1.807, 2.05) is 13.8 Å². The highest BCUT2D eigenvalue weighted by molar-refractivity contribution is 7.33. The van der Waals surface area contributed by atoms with E-state index in [0.717, 1.165) is 4.88 Å². The fourth-order valence-corrected chi connectivity index (χ4v) is 8.72. The molecule has 180 valence electrons. The number of amides is 2. The molecule has 0 N–H and O–H groups in total. The second-order valence-electron chi connectivity index (χ2n) is 9.44. The Kier molecular flexibility index (Phi) is 4.18. The standard InChI is InChI=1S/C30H21N3O2S2/c1-3-31-28(34)21(29(35)32(31)4-2)14-17-15-23-27(36-17)25-20-10-7-8-16-12-13-19-18-9-5-6-11-22(18)33(30(25)37-23)26(19)24(16)20/h5-15H,3-4H2,1-2H3. The molecular formula is C30H21N3O2S2. The molecular weight excluding hydrogens is 498 g/mol. The molecule has 0 spiro atoms. The molecule has 0 atom stereocenters. The van der Waals surface area contributed by atoms with Crippen LogP contribution >= 0.6 is 22.7 Å². The summed E-state index contributed by atoms with van der Waals surface area (Å²) in [4.78, 5) is 28.1. The fraction of sp³-hybridized carbons (Fsp3) is 0.133. The van der Waals surface area contributed by atoms with Crippen molar-refractivity contribution in [3.05, 3.63) is 71.1 Å². The van der Waals surface area contributed by atoms with Crippen LogP contribution in [0.2, 0.25) is 0 Å². The van der Waals surface area contributed by atoms with Crippen molar-refractivity contribution < 1.29 is 9.59 Å². The molecule has 8 rings (SSSR count). The van der Waals surface area contributed by atoms with Gasteiger partial charge in [-0.25, -0.2) is 10.0 Å². The zero-order valence-electron chi connectivity index (χ0n) is 20.2. The topological polar surface area (TPSA) is 45.0 Å². The zero-order chi connectivity index (χ0) is 25.0. The largest absolute Gasteiger partial charge is 0.299 e. The van der Waals surface area contributed by atoms with E-state index in [4.69, 9.17) is 0 Å². The highest BCUT2D eigenvalue weighted by atomic mass is 32.1. The van der Waals surface area contributed by atoms with Gasteiger partial charge in [-0.3, -0.25) is 14.0 Å². The van der Waals surface area contributed by atoms with Gasteiger partial charge in [0.1, 0.15) is 10.4 Å².